The molecule has 0 saturated heterocycles. The van der Waals surface area contributed by atoms with Crippen LogP contribution in [-0.4, -0.2) is 18.5 Å². The van der Waals surface area contributed by atoms with Gasteiger partial charge in [0, 0.05) is 5.56 Å². The van der Waals surface area contributed by atoms with Gasteiger partial charge in [-0.1, -0.05) is 12.1 Å². The smallest absolute Gasteiger partial charge is 0.387 e. The van der Waals surface area contributed by atoms with Gasteiger partial charge in [-0.15, -0.1) is 0 Å². The second-order valence-electron chi connectivity index (χ2n) is 4.98. The maximum Gasteiger partial charge on any atom is 0.387 e. The molecule has 3 rings (SSSR count). The van der Waals surface area contributed by atoms with E-state index >= 15 is 0 Å². The predicted molar refractivity (Wildman–Crippen MR) is 84.8 cm³/mol. The van der Waals surface area contributed by atoms with Gasteiger partial charge in [-0.05, 0) is 48.0 Å². The number of cyclic esters (lactones) is 1. The minimum absolute atomic E-state index is 0.00671. The number of benzene rings is 2. The average Bonchev–Trinajstić information content (AvgIpc) is 2.96. The van der Waals surface area contributed by atoms with Crippen LogP contribution < -0.4 is 4.74 Å². The number of nitrogens with zero attached hydrogens (tertiary/aromatic N) is 2. The molecule has 1 heterocycles. The molecular formula is C18H10F2N2O3. The summed E-state index contributed by atoms with van der Waals surface area (Å²) in [6, 6.07) is 14.3. The highest BCUT2D eigenvalue weighted by molar-refractivity contribution is 6.12. The van der Waals surface area contributed by atoms with Gasteiger partial charge in [0.05, 0.1) is 11.6 Å². The molecule has 5 nitrogen and oxygen atoms in total. The number of nitriles is 1. The van der Waals surface area contributed by atoms with Crippen molar-refractivity contribution >= 4 is 17.9 Å². The zero-order valence-electron chi connectivity index (χ0n) is 12.6. The molecule has 2 aromatic rings. The summed E-state index contributed by atoms with van der Waals surface area (Å²) in [7, 11) is 0. The fraction of sp³-hybridized carbons (Fsp3) is 0.0556. The number of esters is 1. The van der Waals surface area contributed by atoms with Gasteiger partial charge in [-0.25, -0.2) is 9.79 Å². The first-order valence-electron chi connectivity index (χ1n) is 7.13. The van der Waals surface area contributed by atoms with E-state index in [1.807, 2.05) is 6.07 Å². The Balaban J connectivity index is 1.84. The second-order valence-corrected chi connectivity index (χ2v) is 4.98. The Morgan fingerprint density at radius 2 is 1.96 bits per heavy atom. The van der Waals surface area contributed by atoms with Crippen LogP contribution in [0.2, 0.25) is 0 Å². The molecule has 25 heavy (non-hydrogen) atoms. The highest BCUT2D eigenvalue weighted by Gasteiger charge is 2.24. The van der Waals surface area contributed by atoms with Gasteiger partial charge in [0.15, 0.2) is 5.70 Å². The number of carbonyl (C=O) groups is 1. The van der Waals surface area contributed by atoms with Crippen LogP contribution in [0.4, 0.5) is 8.78 Å². The summed E-state index contributed by atoms with van der Waals surface area (Å²) >= 11 is 0. The Labute approximate surface area is 141 Å². The molecule has 0 unspecified atom stereocenters. The van der Waals surface area contributed by atoms with Crippen LogP contribution in [0.15, 0.2) is 59.2 Å². The molecule has 0 atom stereocenters. The molecule has 0 amide bonds. The summed E-state index contributed by atoms with van der Waals surface area (Å²) in [5, 5.41) is 8.90. The van der Waals surface area contributed by atoms with Crippen molar-refractivity contribution in [1.82, 2.24) is 0 Å². The van der Waals surface area contributed by atoms with E-state index in [0.29, 0.717) is 16.7 Å². The lowest BCUT2D eigenvalue weighted by Crippen LogP contribution is -2.06. The maximum atomic E-state index is 12.1. The molecule has 0 radical (unpaired) electrons. The van der Waals surface area contributed by atoms with Crippen LogP contribution in [-0.2, 0) is 9.53 Å². The van der Waals surface area contributed by atoms with E-state index in [0.717, 1.165) is 0 Å². The van der Waals surface area contributed by atoms with Crippen molar-refractivity contribution in [2.24, 2.45) is 4.99 Å². The summed E-state index contributed by atoms with van der Waals surface area (Å²) in [5.41, 5.74) is 1.62. The molecule has 0 bridgehead atoms. The molecule has 0 saturated carbocycles. The average molecular weight is 340 g/mol. The van der Waals surface area contributed by atoms with Crippen LogP contribution in [0, 0.1) is 11.3 Å². The molecule has 124 valence electrons. The first-order valence-corrected chi connectivity index (χ1v) is 7.13. The van der Waals surface area contributed by atoms with Crippen molar-refractivity contribution in [3.63, 3.8) is 0 Å². The van der Waals surface area contributed by atoms with Crippen molar-refractivity contribution in [2.75, 3.05) is 0 Å². The van der Waals surface area contributed by atoms with Crippen molar-refractivity contribution in [3.8, 4) is 11.8 Å². The van der Waals surface area contributed by atoms with Crippen LogP contribution in [0.1, 0.15) is 16.7 Å². The van der Waals surface area contributed by atoms with Crippen LogP contribution >= 0.6 is 0 Å². The third kappa shape index (κ3) is 3.87. The summed E-state index contributed by atoms with van der Waals surface area (Å²) in [6.07, 6.45) is 1.50. The molecule has 2 aromatic carbocycles. The molecule has 0 N–H and O–H groups in total. The van der Waals surface area contributed by atoms with Gasteiger partial charge in [-0.3, -0.25) is 0 Å². The monoisotopic (exact) mass is 340 g/mol. The number of aliphatic imine (C=N–C) groups is 1. The highest BCUT2D eigenvalue weighted by Crippen LogP contribution is 2.21. The molecule has 0 spiro atoms. The zero-order chi connectivity index (χ0) is 17.8. The highest BCUT2D eigenvalue weighted by atomic mass is 19.3. The van der Waals surface area contributed by atoms with Gasteiger partial charge in [0.25, 0.3) is 0 Å². The number of halogens is 2. The number of hydrogen-bond acceptors (Lipinski definition) is 5. The largest absolute Gasteiger partial charge is 0.435 e. The third-order valence-corrected chi connectivity index (χ3v) is 3.27. The Kier molecular flexibility index (Phi) is 4.53. The minimum Gasteiger partial charge on any atom is -0.435 e. The number of alkyl halides is 2. The van der Waals surface area contributed by atoms with Gasteiger partial charge in [0.2, 0.25) is 5.90 Å². The Morgan fingerprint density at radius 3 is 2.64 bits per heavy atom. The number of carbonyl (C=O) groups excluding carboxylic acids is 1. The minimum atomic E-state index is -2.91. The van der Waals surface area contributed by atoms with E-state index in [2.05, 4.69) is 9.73 Å². The van der Waals surface area contributed by atoms with Gasteiger partial charge >= 0.3 is 12.6 Å². The fourth-order valence-corrected chi connectivity index (χ4v) is 2.17. The fourth-order valence-electron chi connectivity index (χ4n) is 2.17. The lowest BCUT2D eigenvalue weighted by atomic mass is 10.1. The number of ether oxygens (including phenoxy) is 2. The lowest BCUT2D eigenvalue weighted by Gasteiger charge is -2.04. The van der Waals surface area contributed by atoms with Crippen LogP contribution in [0.3, 0.4) is 0 Å². The van der Waals surface area contributed by atoms with Gasteiger partial charge in [-0.2, -0.15) is 14.0 Å². The summed E-state index contributed by atoms with van der Waals surface area (Å²) < 4.78 is 33.6. The Bertz CT molecular complexity index is 913. The molecule has 0 aromatic heterocycles. The molecule has 1 aliphatic rings. The van der Waals surface area contributed by atoms with Crippen molar-refractivity contribution in [3.05, 3.63) is 70.9 Å². The van der Waals surface area contributed by atoms with Crippen molar-refractivity contribution < 1.29 is 23.0 Å². The lowest BCUT2D eigenvalue weighted by molar-refractivity contribution is -0.129. The van der Waals surface area contributed by atoms with E-state index in [9.17, 15) is 13.6 Å². The molecule has 0 aliphatic carbocycles. The third-order valence-electron chi connectivity index (χ3n) is 3.27. The van der Waals surface area contributed by atoms with Crippen LogP contribution in [0.25, 0.3) is 6.08 Å². The normalized spacial score (nSPS) is 15.0. The van der Waals surface area contributed by atoms with E-state index in [1.54, 1.807) is 24.3 Å². The van der Waals surface area contributed by atoms with Crippen molar-refractivity contribution in [1.29, 1.82) is 5.26 Å². The predicted octanol–water partition coefficient (Wildman–Crippen LogP) is 3.50. The summed E-state index contributed by atoms with van der Waals surface area (Å²) in [4.78, 5) is 16.1. The van der Waals surface area contributed by atoms with Gasteiger partial charge in [0.1, 0.15) is 5.75 Å². The molecule has 1 aliphatic heterocycles. The Hall–Kier alpha value is -3.53. The van der Waals surface area contributed by atoms with Crippen molar-refractivity contribution in [2.45, 2.75) is 6.61 Å². The topological polar surface area (TPSA) is 71.7 Å². The van der Waals surface area contributed by atoms with E-state index in [4.69, 9.17) is 10.00 Å². The van der Waals surface area contributed by atoms with Crippen LogP contribution in [0.5, 0.6) is 5.75 Å². The summed E-state index contributed by atoms with van der Waals surface area (Å²) in [6.45, 7) is -2.91. The maximum absolute atomic E-state index is 12.1. The molecule has 7 heteroatoms. The Morgan fingerprint density at radius 1 is 1.20 bits per heavy atom. The first kappa shape index (κ1) is 16.3. The molecule has 0 fully saturated rings. The van der Waals surface area contributed by atoms with E-state index in [1.165, 1.54) is 30.3 Å². The van der Waals surface area contributed by atoms with E-state index < -0.39 is 12.6 Å². The quantitative estimate of drug-likeness (QED) is 0.631. The standard InChI is InChI=1S/C18H10F2N2O3/c19-18(20)24-14-6-4-13(5-7-14)16-22-15(17(23)25-16)9-11-2-1-3-12(8-11)10-21/h1-9,18H/b15-9-. The molecular weight excluding hydrogens is 330 g/mol. The van der Waals surface area contributed by atoms with E-state index in [-0.39, 0.29) is 17.3 Å². The SMILES string of the molecule is N#Cc1cccc(/C=C2\N=C(c3ccc(OC(F)F)cc3)OC2=O)c1. The first-order chi connectivity index (χ1) is 12.0. The summed E-state index contributed by atoms with van der Waals surface area (Å²) in [5.74, 6) is -0.575. The number of rotatable bonds is 4. The number of hydrogen-bond donors (Lipinski definition) is 0. The zero-order valence-corrected chi connectivity index (χ0v) is 12.6. The second kappa shape index (κ2) is 6.93. The van der Waals surface area contributed by atoms with Gasteiger partial charge < -0.3 is 9.47 Å².